The van der Waals surface area contributed by atoms with Crippen LogP contribution in [-0.4, -0.2) is 52.7 Å². The molecule has 1 unspecified atom stereocenters. The van der Waals surface area contributed by atoms with Gasteiger partial charge in [-0.2, -0.15) is 0 Å². The molecule has 29 heavy (non-hydrogen) atoms. The van der Waals surface area contributed by atoms with Crippen LogP contribution in [0, 0.1) is 0 Å². The topological polar surface area (TPSA) is 99.2 Å². The van der Waals surface area contributed by atoms with E-state index in [2.05, 4.69) is 0 Å². The molecule has 158 valence electrons. The van der Waals surface area contributed by atoms with Gasteiger partial charge in [0.25, 0.3) is 11.8 Å². The summed E-state index contributed by atoms with van der Waals surface area (Å²) >= 11 is 0. The van der Waals surface area contributed by atoms with E-state index in [1.165, 1.54) is 0 Å². The van der Waals surface area contributed by atoms with Crippen molar-refractivity contribution in [2.24, 2.45) is 0 Å². The fraction of sp³-hybridized carbons (Fsp3) is 0.524. The minimum absolute atomic E-state index is 0.111. The van der Waals surface area contributed by atoms with Crippen LogP contribution in [0.2, 0.25) is 0 Å². The van der Waals surface area contributed by atoms with Gasteiger partial charge in [0.1, 0.15) is 11.2 Å². The minimum Gasteiger partial charge on any atom is -0.457 e. The summed E-state index contributed by atoms with van der Waals surface area (Å²) < 4.78 is 15.6. The molecule has 1 aromatic rings. The summed E-state index contributed by atoms with van der Waals surface area (Å²) in [5, 5.41) is 0. The number of amides is 2. The Labute approximate surface area is 170 Å². The Morgan fingerprint density at radius 3 is 1.83 bits per heavy atom. The maximum atomic E-state index is 12.5. The monoisotopic (exact) mass is 405 g/mol. The van der Waals surface area contributed by atoms with Crippen molar-refractivity contribution in [2.45, 2.75) is 65.3 Å². The first kappa shape index (κ1) is 22.4. The van der Waals surface area contributed by atoms with E-state index in [1.54, 1.807) is 65.8 Å². The molecule has 0 bridgehead atoms. The molecule has 0 spiro atoms. The van der Waals surface area contributed by atoms with Gasteiger partial charge in [-0.1, -0.05) is 12.1 Å². The summed E-state index contributed by atoms with van der Waals surface area (Å²) in [5.41, 5.74) is -1.00. The zero-order valence-corrected chi connectivity index (χ0v) is 17.6. The molecule has 0 saturated heterocycles. The summed E-state index contributed by atoms with van der Waals surface area (Å²) in [6, 6.07) is 6.47. The number of benzene rings is 1. The minimum atomic E-state index is -1.33. The molecular weight excluding hydrogens is 378 g/mol. The number of imide groups is 1. The predicted molar refractivity (Wildman–Crippen MR) is 103 cm³/mol. The van der Waals surface area contributed by atoms with Gasteiger partial charge in [-0.25, -0.2) is 9.59 Å². The molecule has 1 aliphatic rings. The lowest BCUT2D eigenvalue weighted by Crippen LogP contribution is -2.40. The van der Waals surface area contributed by atoms with Crippen LogP contribution >= 0.6 is 0 Å². The summed E-state index contributed by atoms with van der Waals surface area (Å²) in [6.07, 6.45) is -2.47. The van der Waals surface area contributed by atoms with E-state index in [0.29, 0.717) is 11.1 Å². The van der Waals surface area contributed by atoms with E-state index >= 15 is 0 Å². The number of fused-ring (bicyclic) bond motifs is 1. The number of esters is 1. The van der Waals surface area contributed by atoms with Crippen molar-refractivity contribution >= 4 is 23.9 Å². The molecule has 0 aliphatic carbocycles. The number of rotatable bonds is 5. The maximum absolute atomic E-state index is 12.5. The standard InChI is InChI=1S/C21H27NO7/c1-20(2,3)28-18(25)15(27-19(26)29-21(4,5)6)11-12-22-16(23)13-9-7-8-10-14(13)17(22)24/h7-10,15H,11-12H2,1-6H3. The number of carbonyl (C=O) groups is 4. The summed E-state index contributed by atoms with van der Waals surface area (Å²) in [4.78, 5) is 50.5. The molecule has 0 aromatic heterocycles. The molecule has 1 atom stereocenters. The zero-order valence-electron chi connectivity index (χ0n) is 17.6. The molecule has 1 aliphatic heterocycles. The number of nitrogens with zero attached hydrogens (tertiary/aromatic N) is 1. The SMILES string of the molecule is CC(C)(C)OC(=O)OC(CCN1C(=O)c2ccccc2C1=O)C(=O)OC(C)(C)C. The highest BCUT2D eigenvalue weighted by Crippen LogP contribution is 2.23. The number of hydrogen-bond donors (Lipinski definition) is 0. The number of carbonyl (C=O) groups excluding carboxylic acids is 4. The largest absolute Gasteiger partial charge is 0.509 e. The van der Waals surface area contributed by atoms with Gasteiger partial charge in [0, 0.05) is 13.0 Å². The van der Waals surface area contributed by atoms with Gasteiger partial charge in [0.05, 0.1) is 11.1 Å². The highest BCUT2D eigenvalue weighted by molar-refractivity contribution is 6.21. The zero-order chi connectivity index (χ0) is 22.0. The van der Waals surface area contributed by atoms with Gasteiger partial charge in [0.2, 0.25) is 6.10 Å². The van der Waals surface area contributed by atoms with Gasteiger partial charge >= 0.3 is 12.1 Å². The maximum Gasteiger partial charge on any atom is 0.509 e. The third-order valence-electron chi connectivity index (χ3n) is 3.79. The third-order valence-corrected chi connectivity index (χ3v) is 3.79. The molecular formula is C21H27NO7. The van der Waals surface area contributed by atoms with Crippen LogP contribution in [0.15, 0.2) is 24.3 Å². The summed E-state index contributed by atoms with van der Waals surface area (Å²) in [5.74, 6) is -1.68. The van der Waals surface area contributed by atoms with Crippen molar-refractivity contribution in [1.29, 1.82) is 0 Å². The lowest BCUT2D eigenvalue weighted by atomic mass is 10.1. The molecule has 8 heteroatoms. The summed E-state index contributed by atoms with van der Waals surface area (Å²) in [6.45, 7) is 9.92. The van der Waals surface area contributed by atoms with E-state index < -0.39 is 41.2 Å². The van der Waals surface area contributed by atoms with E-state index in [9.17, 15) is 19.2 Å². The second-order valence-corrected chi connectivity index (χ2v) is 8.70. The van der Waals surface area contributed by atoms with E-state index in [-0.39, 0.29) is 13.0 Å². The van der Waals surface area contributed by atoms with Gasteiger partial charge in [-0.05, 0) is 53.7 Å². The third kappa shape index (κ3) is 6.04. The van der Waals surface area contributed by atoms with Crippen LogP contribution in [0.3, 0.4) is 0 Å². The fourth-order valence-corrected chi connectivity index (χ4v) is 2.67. The Kier molecular flexibility index (Phi) is 6.35. The first-order valence-corrected chi connectivity index (χ1v) is 9.36. The molecule has 8 nitrogen and oxygen atoms in total. The van der Waals surface area contributed by atoms with Gasteiger partial charge < -0.3 is 14.2 Å². The van der Waals surface area contributed by atoms with Crippen molar-refractivity contribution < 1.29 is 33.4 Å². The van der Waals surface area contributed by atoms with Crippen LogP contribution in [0.1, 0.15) is 68.7 Å². The van der Waals surface area contributed by atoms with E-state index in [1.807, 2.05) is 0 Å². The molecule has 0 radical (unpaired) electrons. The molecule has 2 rings (SSSR count). The number of ether oxygens (including phenoxy) is 3. The Hall–Kier alpha value is -2.90. The normalized spacial score (nSPS) is 15.0. The quantitative estimate of drug-likeness (QED) is 0.547. The second kappa shape index (κ2) is 8.23. The van der Waals surface area contributed by atoms with Crippen molar-refractivity contribution in [3.8, 4) is 0 Å². The van der Waals surface area contributed by atoms with Crippen LogP contribution < -0.4 is 0 Å². The van der Waals surface area contributed by atoms with Crippen LogP contribution in [0.25, 0.3) is 0 Å². The Balaban J connectivity index is 2.11. The first-order valence-electron chi connectivity index (χ1n) is 9.36. The van der Waals surface area contributed by atoms with Crippen LogP contribution in [-0.2, 0) is 19.0 Å². The van der Waals surface area contributed by atoms with Gasteiger partial charge in [0.15, 0.2) is 0 Å². The first-order chi connectivity index (χ1) is 13.3. The summed E-state index contributed by atoms with van der Waals surface area (Å²) in [7, 11) is 0. The molecule has 1 aromatic carbocycles. The number of hydrogen-bond acceptors (Lipinski definition) is 7. The van der Waals surface area contributed by atoms with Gasteiger partial charge in [-0.3, -0.25) is 14.5 Å². The van der Waals surface area contributed by atoms with Crippen LogP contribution in [0.5, 0.6) is 0 Å². The van der Waals surface area contributed by atoms with E-state index in [0.717, 1.165) is 4.90 Å². The molecule has 2 amide bonds. The Bertz CT molecular complexity index is 782. The second-order valence-electron chi connectivity index (χ2n) is 8.70. The Morgan fingerprint density at radius 1 is 0.897 bits per heavy atom. The predicted octanol–water partition coefficient (Wildman–Crippen LogP) is 3.33. The van der Waals surface area contributed by atoms with Crippen molar-refractivity contribution in [3.63, 3.8) is 0 Å². The smallest absolute Gasteiger partial charge is 0.457 e. The lowest BCUT2D eigenvalue weighted by Gasteiger charge is -2.26. The Morgan fingerprint density at radius 2 is 1.38 bits per heavy atom. The van der Waals surface area contributed by atoms with Gasteiger partial charge in [-0.15, -0.1) is 0 Å². The molecule has 1 heterocycles. The average molecular weight is 405 g/mol. The van der Waals surface area contributed by atoms with Crippen molar-refractivity contribution in [1.82, 2.24) is 4.90 Å². The lowest BCUT2D eigenvalue weighted by molar-refractivity contribution is -0.167. The molecule has 0 fully saturated rings. The van der Waals surface area contributed by atoms with Crippen LogP contribution in [0.4, 0.5) is 4.79 Å². The molecule has 0 N–H and O–H groups in total. The van der Waals surface area contributed by atoms with E-state index in [4.69, 9.17) is 14.2 Å². The van der Waals surface area contributed by atoms with Crippen molar-refractivity contribution in [3.05, 3.63) is 35.4 Å². The molecule has 0 saturated carbocycles. The average Bonchev–Trinajstić information content (AvgIpc) is 2.80. The highest BCUT2D eigenvalue weighted by atomic mass is 16.7. The highest BCUT2D eigenvalue weighted by Gasteiger charge is 2.37. The fourth-order valence-electron chi connectivity index (χ4n) is 2.67. The van der Waals surface area contributed by atoms with Crippen molar-refractivity contribution in [2.75, 3.05) is 6.54 Å².